The number of anilines is 2. The molecule has 2 aromatic rings. The van der Waals surface area contributed by atoms with E-state index >= 15 is 0 Å². The fourth-order valence-corrected chi connectivity index (χ4v) is 2.71. The van der Waals surface area contributed by atoms with E-state index < -0.39 is 4.92 Å². The lowest BCUT2D eigenvalue weighted by Crippen LogP contribution is -2.26. The van der Waals surface area contributed by atoms with E-state index in [4.69, 9.17) is 0 Å². The quantitative estimate of drug-likeness (QED) is 0.689. The first kappa shape index (κ1) is 14.8. The van der Waals surface area contributed by atoms with Crippen LogP contribution in [0.25, 0.3) is 0 Å². The first-order chi connectivity index (χ1) is 11.2. The molecule has 1 aromatic heterocycles. The van der Waals surface area contributed by atoms with E-state index in [0.717, 1.165) is 25.3 Å². The lowest BCUT2D eigenvalue weighted by atomic mass is 10.1. The minimum atomic E-state index is -0.497. The Kier molecular flexibility index (Phi) is 4.06. The van der Waals surface area contributed by atoms with Crippen molar-refractivity contribution in [2.45, 2.75) is 12.5 Å². The third-order valence-electron chi connectivity index (χ3n) is 3.86. The lowest BCUT2D eigenvalue weighted by Gasteiger charge is -2.18. The summed E-state index contributed by atoms with van der Waals surface area (Å²) in [6.45, 7) is 1.66. The van der Waals surface area contributed by atoms with Crippen LogP contribution in [0.5, 0.6) is 0 Å². The van der Waals surface area contributed by atoms with Crippen molar-refractivity contribution < 1.29 is 4.92 Å². The van der Waals surface area contributed by atoms with Gasteiger partial charge < -0.3 is 10.2 Å². The molecule has 7 nitrogen and oxygen atoms in total. The van der Waals surface area contributed by atoms with Crippen molar-refractivity contribution >= 4 is 17.2 Å². The van der Waals surface area contributed by atoms with Crippen LogP contribution in [0, 0.1) is 21.4 Å². The molecule has 1 aliphatic heterocycles. The molecule has 1 N–H and O–H groups in total. The summed E-state index contributed by atoms with van der Waals surface area (Å²) >= 11 is 0. The van der Waals surface area contributed by atoms with Crippen LogP contribution < -0.4 is 10.2 Å². The molecule has 1 aliphatic rings. The van der Waals surface area contributed by atoms with Crippen LogP contribution in [0.3, 0.4) is 0 Å². The molecule has 2 heterocycles. The second kappa shape index (κ2) is 6.32. The van der Waals surface area contributed by atoms with Gasteiger partial charge in [-0.3, -0.25) is 10.1 Å². The number of rotatable bonds is 4. The number of benzene rings is 1. The highest BCUT2D eigenvalue weighted by molar-refractivity contribution is 5.62. The van der Waals surface area contributed by atoms with Gasteiger partial charge in [-0.15, -0.1) is 0 Å². The van der Waals surface area contributed by atoms with Gasteiger partial charge in [0.2, 0.25) is 0 Å². The Hall–Kier alpha value is -3.14. The number of pyridine rings is 1. The van der Waals surface area contributed by atoms with Gasteiger partial charge in [0.1, 0.15) is 11.9 Å². The molecule has 0 radical (unpaired) electrons. The molecule has 116 valence electrons. The minimum Gasteiger partial charge on any atom is -0.379 e. The molecule has 0 bridgehead atoms. The zero-order valence-electron chi connectivity index (χ0n) is 12.3. The Labute approximate surface area is 133 Å². The second-order valence-corrected chi connectivity index (χ2v) is 5.36. The Morgan fingerprint density at radius 3 is 2.96 bits per heavy atom. The van der Waals surface area contributed by atoms with E-state index in [1.54, 1.807) is 12.3 Å². The number of nitrogens with one attached hydrogen (secondary N) is 1. The van der Waals surface area contributed by atoms with Crippen LogP contribution in [0.1, 0.15) is 12.0 Å². The van der Waals surface area contributed by atoms with Gasteiger partial charge in [0, 0.05) is 37.5 Å². The van der Waals surface area contributed by atoms with Crippen molar-refractivity contribution in [3.05, 3.63) is 58.3 Å². The van der Waals surface area contributed by atoms with Crippen molar-refractivity contribution in [3.8, 4) is 6.07 Å². The third-order valence-corrected chi connectivity index (χ3v) is 3.86. The lowest BCUT2D eigenvalue weighted by molar-refractivity contribution is -0.384. The summed E-state index contributed by atoms with van der Waals surface area (Å²) in [7, 11) is 0. The zero-order chi connectivity index (χ0) is 16.2. The van der Waals surface area contributed by atoms with E-state index in [1.165, 1.54) is 12.1 Å². The van der Waals surface area contributed by atoms with E-state index in [0.29, 0.717) is 5.69 Å². The molecule has 1 saturated heterocycles. The first-order valence-corrected chi connectivity index (χ1v) is 7.28. The van der Waals surface area contributed by atoms with E-state index in [2.05, 4.69) is 15.2 Å². The van der Waals surface area contributed by atoms with Gasteiger partial charge in [0.15, 0.2) is 0 Å². The topological polar surface area (TPSA) is 95.1 Å². The maximum absolute atomic E-state index is 10.8. The highest BCUT2D eigenvalue weighted by atomic mass is 16.6. The third kappa shape index (κ3) is 3.21. The first-order valence-electron chi connectivity index (χ1n) is 7.28. The number of nitrogens with zero attached hydrogens (tertiary/aromatic N) is 4. The summed E-state index contributed by atoms with van der Waals surface area (Å²) in [4.78, 5) is 16.8. The summed E-state index contributed by atoms with van der Waals surface area (Å²) in [5, 5.41) is 23.3. The normalized spacial score (nSPS) is 16.8. The van der Waals surface area contributed by atoms with Crippen LogP contribution >= 0.6 is 0 Å². The smallest absolute Gasteiger partial charge is 0.270 e. The van der Waals surface area contributed by atoms with Crippen LogP contribution in [-0.2, 0) is 0 Å². The Morgan fingerprint density at radius 1 is 1.39 bits per heavy atom. The van der Waals surface area contributed by atoms with Gasteiger partial charge in [-0.05, 0) is 24.6 Å². The minimum absolute atomic E-state index is 0.0753. The van der Waals surface area contributed by atoms with E-state index in [-0.39, 0.29) is 17.3 Å². The van der Waals surface area contributed by atoms with E-state index in [9.17, 15) is 15.4 Å². The van der Waals surface area contributed by atoms with Crippen molar-refractivity contribution in [1.29, 1.82) is 5.26 Å². The van der Waals surface area contributed by atoms with Crippen LogP contribution in [0.2, 0.25) is 0 Å². The molecule has 1 atom stereocenters. The molecule has 1 fully saturated rings. The predicted octanol–water partition coefficient (Wildman–Crippen LogP) is 2.55. The largest absolute Gasteiger partial charge is 0.379 e. The molecular formula is C16H15N5O2. The number of non-ortho nitro benzene ring substituents is 1. The van der Waals surface area contributed by atoms with Crippen molar-refractivity contribution in [2.75, 3.05) is 23.3 Å². The fourth-order valence-electron chi connectivity index (χ4n) is 2.71. The average molecular weight is 309 g/mol. The average Bonchev–Trinajstić information content (AvgIpc) is 3.04. The standard InChI is InChI=1S/C16H15N5O2/c17-10-12-9-14(21(22)23)4-5-15(12)19-13-6-8-20(11-13)16-3-1-2-7-18-16/h1-5,7,9,13,19H,6,8,11H2/t13-/m1/s1. The molecule has 1 aromatic carbocycles. The highest BCUT2D eigenvalue weighted by Crippen LogP contribution is 2.25. The molecule has 0 aliphatic carbocycles. The summed E-state index contributed by atoms with van der Waals surface area (Å²) in [6, 6.07) is 12.3. The highest BCUT2D eigenvalue weighted by Gasteiger charge is 2.24. The van der Waals surface area contributed by atoms with Crippen molar-refractivity contribution in [3.63, 3.8) is 0 Å². The van der Waals surface area contributed by atoms with E-state index in [1.807, 2.05) is 24.3 Å². The Balaban J connectivity index is 1.71. The van der Waals surface area contributed by atoms with Crippen LogP contribution in [0.4, 0.5) is 17.2 Å². The van der Waals surface area contributed by atoms with Gasteiger partial charge in [-0.25, -0.2) is 4.98 Å². The summed E-state index contributed by atoms with van der Waals surface area (Å²) < 4.78 is 0. The SMILES string of the molecule is N#Cc1cc([N+](=O)[O-])ccc1N[C@@H]1CCN(c2ccccn2)C1. The molecule has 0 spiro atoms. The van der Waals surface area contributed by atoms with Crippen LogP contribution in [0.15, 0.2) is 42.6 Å². The second-order valence-electron chi connectivity index (χ2n) is 5.36. The monoisotopic (exact) mass is 309 g/mol. The predicted molar refractivity (Wildman–Crippen MR) is 86.3 cm³/mol. The van der Waals surface area contributed by atoms with Crippen LogP contribution in [-0.4, -0.2) is 29.0 Å². The Morgan fingerprint density at radius 2 is 2.26 bits per heavy atom. The maximum Gasteiger partial charge on any atom is 0.270 e. The number of hydrogen-bond acceptors (Lipinski definition) is 6. The van der Waals surface area contributed by atoms with Gasteiger partial charge in [0.25, 0.3) is 5.69 Å². The number of hydrogen-bond donors (Lipinski definition) is 1. The number of nitriles is 1. The number of nitro groups is 1. The molecule has 3 rings (SSSR count). The molecule has 23 heavy (non-hydrogen) atoms. The molecule has 0 unspecified atom stereocenters. The molecular weight excluding hydrogens is 294 g/mol. The van der Waals surface area contributed by atoms with Crippen molar-refractivity contribution in [1.82, 2.24) is 4.98 Å². The summed E-state index contributed by atoms with van der Waals surface area (Å²) in [5.74, 6) is 0.931. The zero-order valence-corrected chi connectivity index (χ0v) is 12.3. The molecule has 0 saturated carbocycles. The van der Waals surface area contributed by atoms with Gasteiger partial charge in [0.05, 0.1) is 16.2 Å². The van der Waals surface area contributed by atoms with Gasteiger partial charge in [-0.1, -0.05) is 6.07 Å². The van der Waals surface area contributed by atoms with Crippen molar-refractivity contribution in [2.24, 2.45) is 0 Å². The van der Waals surface area contributed by atoms with Gasteiger partial charge in [-0.2, -0.15) is 5.26 Å². The van der Waals surface area contributed by atoms with Gasteiger partial charge >= 0.3 is 0 Å². The molecule has 0 amide bonds. The maximum atomic E-state index is 10.8. The number of aromatic nitrogens is 1. The fraction of sp³-hybridized carbons (Fsp3) is 0.250. The molecule has 7 heteroatoms. The summed E-state index contributed by atoms with van der Waals surface area (Å²) in [5.41, 5.74) is 0.843. The summed E-state index contributed by atoms with van der Waals surface area (Å²) in [6.07, 6.45) is 2.68. The Bertz CT molecular complexity index is 757. The number of nitro benzene ring substituents is 1.